The van der Waals surface area contributed by atoms with E-state index in [1.54, 1.807) is 0 Å². The molecule has 0 aliphatic carbocycles. The van der Waals surface area contributed by atoms with Crippen molar-refractivity contribution in [3.63, 3.8) is 0 Å². The van der Waals surface area contributed by atoms with Crippen LogP contribution in [-0.2, 0) is 6.54 Å². The maximum atomic E-state index is 4.32. The summed E-state index contributed by atoms with van der Waals surface area (Å²) in [6.45, 7) is 6.61. The molecule has 1 aliphatic heterocycles. The molecule has 0 amide bonds. The van der Waals surface area contributed by atoms with E-state index in [-0.39, 0.29) is 0 Å². The standard InChI is InChI=1S/C16H23N5/c1-2-9-19(8-1)10-3-4-11-20-12-14-21(15-13-20)16-17-6-5-7-18-16/h1-2,5-9H,3-4,10-15H2. The first-order valence-electron chi connectivity index (χ1n) is 7.77. The van der Waals surface area contributed by atoms with Crippen LogP contribution in [-0.4, -0.2) is 52.2 Å². The minimum Gasteiger partial charge on any atom is -0.354 e. The van der Waals surface area contributed by atoms with E-state index in [1.807, 2.05) is 18.5 Å². The van der Waals surface area contributed by atoms with Crippen molar-refractivity contribution in [2.24, 2.45) is 0 Å². The Morgan fingerprint density at radius 1 is 0.810 bits per heavy atom. The van der Waals surface area contributed by atoms with Gasteiger partial charge in [-0.2, -0.15) is 0 Å². The van der Waals surface area contributed by atoms with Crippen LogP contribution in [0.15, 0.2) is 43.0 Å². The van der Waals surface area contributed by atoms with Gasteiger partial charge in [-0.05, 0) is 37.6 Å². The number of aromatic nitrogens is 3. The average molecular weight is 285 g/mol. The highest BCUT2D eigenvalue weighted by Gasteiger charge is 2.17. The Hall–Kier alpha value is -1.88. The molecule has 1 fully saturated rings. The van der Waals surface area contributed by atoms with E-state index in [0.717, 1.165) is 38.7 Å². The van der Waals surface area contributed by atoms with Crippen LogP contribution < -0.4 is 4.90 Å². The second kappa shape index (κ2) is 7.22. The van der Waals surface area contributed by atoms with E-state index >= 15 is 0 Å². The van der Waals surface area contributed by atoms with E-state index < -0.39 is 0 Å². The summed E-state index contributed by atoms with van der Waals surface area (Å²) in [6.07, 6.45) is 10.4. The molecule has 0 atom stereocenters. The minimum atomic E-state index is 0.866. The molecule has 21 heavy (non-hydrogen) atoms. The van der Waals surface area contributed by atoms with E-state index in [0.29, 0.717) is 0 Å². The molecule has 0 bridgehead atoms. The molecule has 5 nitrogen and oxygen atoms in total. The zero-order valence-electron chi connectivity index (χ0n) is 12.4. The fourth-order valence-electron chi connectivity index (χ4n) is 2.78. The van der Waals surface area contributed by atoms with E-state index in [4.69, 9.17) is 0 Å². The average Bonchev–Trinajstić information content (AvgIpc) is 3.06. The topological polar surface area (TPSA) is 37.2 Å². The Balaban J connectivity index is 1.34. The smallest absolute Gasteiger partial charge is 0.225 e. The van der Waals surface area contributed by atoms with Gasteiger partial charge in [0.2, 0.25) is 5.95 Å². The largest absolute Gasteiger partial charge is 0.354 e. The molecule has 0 radical (unpaired) electrons. The van der Waals surface area contributed by atoms with Gasteiger partial charge < -0.3 is 9.47 Å². The highest BCUT2D eigenvalue weighted by atomic mass is 15.3. The SMILES string of the molecule is c1cnc(N2CCN(CCCCn3cccc3)CC2)nc1. The molecular weight excluding hydrogens is 262 g/mol. The summed E-state index contributed by atoms with van der Waals surface area (Å²) >= 11 is 0. The van der Waals surface area contributed by atoms with Crippen LogP contribution in [0.2, 0.25) is 0 Å². The zero-order chi connectivity index (χ0) is 14.3. The summed E-state index contributed by atoms with van der Waals surface area (Å²) in [5, 5.41) is 0. The normalized spacial score (nSPS) is 16.3. The molecular formula is C16H23N5. The molecule has 0 aromatic carbocycles. The summed E-state index contributed by atoms with van der Waals surface area (Å²) in [5.74, 6) is 0.866. The third kappa shape index (κ3) is 4.04. The molecule has 1 saturated heterocycles. The predicted octanol–water partition coefficient (Wildman–Crippen LogP) is 1.88. The molecule has 0 unspecified atom stereocenters. The van der Waals surface area contributed by atoms with Gasteiger partial charge in [0, 0.05) is 57.5 Å². The Morgan fingerprint density at radius 3 is 2.19 bits per heavy atom. The number of rotatable bonds is 6. The predicted molar refractivity (Wildman–Crippen MR) is 84.4 cm³/mol. The molecule has 0 saturated carbocycles. The molecule has 1 aliphatic rings. The van der Waals surface area contributed by atoms with E-state index in [1.165, 1.54) is 19.4 Å². The van der Waals surface area contributed by atoms with Crippen molar-refractivity contribution >= 4 is 5.95 Å². The molecule has 2 aromatic heterocycles. The number of aryl methyl sites for hydroxylation is 1. The molecule has 0 N–H and O–H groups in total. The van der Waals surface area contributed by atoms with Crippen molar-refractivity contribution in [3.05, 3.63) is 43.0 Å². The lowest BCUT2D eigenvalue weighted by Gasteiger charge is -2.34. The van der Waals surface area contributed by atoms with Gasteiger partial charge in [0.1, 0.15) is 0 Å². The van der Waals surface area contributed by atoms with Crippen molar-refractivity contribution in [3.8, 4) is 0 Å². The molecule has 3 rings (SSSR count). The Labute approximate surface area is 126 Å². The van der Waals surface area contributed by atoms with Crippen LogP contribution in [0.4, 0.5) is 5.95 Å². The summed E-state index contributed by atoms with van der Waals surface area (Å²) in [6, 6.07) is 6.04. The summed E-state index contributed by atoms with van der Waals surface area (Å²) < 4.78 is 2.25. The quantitative estimate of drug-likeness (QED) is 0.760. The molecule has 0 spiro atoms. The maximum absolute atomic E-state index is 4.32. The molecule has 3 heterocycles. The lowest BCUT2D eigenvalue weighted by Crippen LogP contribution is -2.47. The van der Waals surface area contributed by atoms with Crippen LogP contribution in [0.5, 0.6) is 0 Å². The minimum absolute atomic E-state index is 0.866. The van der Waals surface area contributed by atoms with Crippen molar-refractivity contribution in [1.82, 2.24) is 19.4 Å². The van der Waals surface area contributed by atoms with Gasteiger partial charge in [-0.1, -0.05) is 0 Å². The first kappa shape index (κ1) is 14.1. The molecule has 5 heteroatoms. The number of nitrogens with zero attached hydrogens (tertiary/aromatic N) is 5. The monoisotopic (exact) mass is 285 g/mol. The summed E-state index contributed by atoms with van der Waals surface area (Å²) in [4.78, 5) is 13.5. The lowest BCUT2D eigenvalue weighted by atomic mass is 10.2. The van der Waals surface area contributed by atoms with E-state index in [2.05, 4.69) is 48.9 Å². The second-order valence-corrected chi connectivity index (χ2v) is 5.51. The van der Waals surface area contributed by atoms with Crippen molar-refractivity contribution in [1.29, 1.82) is 0 Å². The highest BCUT2D eigenvalue weighted by molar-refractivity contribution is 5.29. The fraction of sp³-hybridized carbons (Fsp3) is 0.500. The maximum Gasteiger partial charge on any atom is 0.225 e. The van der Waals surface area contributed by atoms with Crippen LogP contribution in [0, 0.1) is 0 Å². The van der Waals surface area contributed by atoms with Gasteiger partial charge in [0.15, 0.2) is 0 Å². The van der Waals surface area contributed by atoms with Crippen molar-refractivity contribution in [2.75, 3.05) is 37.6 Å². The first-order valence-corrected chi connectivity index (χ1v) is 7.77. The zero-order valence-corrected chi connectivity index (χ0v) is 12.4. The van der Waals surface area contributed by atoms with Gasteiger partial charge in [0.25, 0.3) is 0 Å². The van der Waals surface area contributed by atoms with Gasteiger partial charge in [-0.25, -0.2) is 9.97 Å². The highest BCUT2D eigenvalue weighted by Crippen LogP contribution is 2.10. The second-order valence-electron chi connectivity index (χ2n) is 5.51. The third-order valence-corrected chi connectivity index (χ3v) is 4.01. The Kier molecular flexibility index (Phi) is 4.84. The van der Waals surface area contributed by atoms with Gasteiger partial charge in [-0.15, -0.1) is 0 Å². The first-order chi connectivity index (χ1) is 10.4. The Bertz CT molecular complexity index is 503. The molecule has 2 aromatic rings. The summed E-state index contributed by atoms with van der Waals surface area (Å²) in [7, 11) is 0. The Morgan fingerprint density at radius 2 is 1.48 bits per heavy atom. The van der Waals surface area contributed by atoms with Gasteiger partial charge in [-0.3, -0.25) is 4.90 Å². The van der Waals surface area contributed by atoms with Crippen molar-refractivity contribution in [2.45, 2.75) is 19.4 Å². The van der Waals surface area contributed by atoms with Gasteiger partial charge in [0.05, 0.1) is 0 Å². The lowest BCUT2D eigenvalue weighted by molar-refractivity contribution is 0.250. The number of unbranched alkanes of at least 4 members (excludes halogenated alkanes) is 1. The third-order valence-electron chi connectivity index (χ3n) is 4.01. The van der Waals surface area contributed by atoms with Crippen LogP contribution in [0.25, 0.3) is 0 Å². The van der Waals surface area contributed by atoms with Gasteiger partial charge >= 0.3 is 0 Å². The molecule has 112 valence electrons. The number of hydrogen-bond acceptors (Lipinski definition) is 4. The number of piperazine rings is 1. The van der Waals surface area contributed by atoms with Crippen molar-refractivity contribution < 1.29 is 0 Å². The van der Waals surface area contributed by atoms with Crippen LogP contribution >= 0.6 is 0 Å². The summed E-state index contributed by atoms with van der Waals surface area (Å²) in [5.41, 5.74) is 0. The van der Waals surface area contributed by atoms with E-state index in [9.17, 15) is 0 Å². The number of hydrogen-bond donors (Lipinski definition) is 0. The number of anilines is 1. The van der Waals surface area contributed by atoms with Crippen LogP contribution in [0.1, 0.15) is 12.8 Å². The fourth-order valence-corrected chi connectivity index (χ4v) is 2.78. The van der Waals surface area contributed by atoms with Crippen LogP contribution in [0.3, 0.4) is 0 Å².